The lowest BCUT2D eigenvalue weighted by molar-refractivity contribution is 0.0950. The van der Waals surface area contributed by atoms with Crippen molar-refractivity contribution in [2.24, 2.45) is 0 Å². The number of hydrogen-bond donors (Lipinski definition) is 1. The third-order valence-electron chi connectivity index (χ3n) is 3.14. The van der Waals surface area contributed by atoms with E-state index in [9.17, 15) is 9.18 Å². The van der Waals surface area contributed by atoms with Crippen LogP contribution < -0.4 is 5.32 Å². The Labute approximate surface area is 147 Å². The second-order valence-electron chi connectivity index (χ2n) is 4.89. The summed E-state index contributed by atoms with van der Waals surface area (Å²) in [6.07, 6.45) is 0. The molecule has 4 nitrogen and oxygen atoms in total. The molecule has 0 bridgehead atoms. The fourth-order valence-electron chi connectivity index (χ4n) is 1.96. The van der Waals surface area contributed by atoms with Gasteiger partial charge in [-0.3, -0.25) is 4.79 Å². The molecular weight excluding hydrogens is 345 g/mol. The normalized spacial score (nSPS) is 10.5. The van der Waals surface area contributed by atoms with Crippen molar-refractivity contribution in [1.29, 1.82) is 0 Å². The van der Waals surface area contributed by atoms with E-state index in [0.717, 1.165) is 5.56 Å². The summed E-state index contributed by atoms with van der Waals surface area (Å²) in [7, 11) is 0. The largest absolute Gasteiger partial charge is 0.346 e. The average Bonchev–Trinajstić information content (AvgIpc) is 3.09. The number of halogens is 1. The monoisotopic (exact) mass is 359 g/mol. The Balaban J connectivity index is 1.55. The van der Waals surface area contributed by atoms with Gasteiger partial charge in [-0.15, -0.1) is 22.0 Å². The molecule has 0 unspecified atom stereocenters. The van der Waals surface area contributed by atoms with Gasteiger partial charge in [0.15, 0.2) is 0 Å². The summed E-state index contributed by atoms with van der Waals surface area (Å²) in [5.74, 6) is -0.0313. The highest BCUT2D eigenvalue weighted by atomic mass is 32.2. The van der Waals surface area contributed by atoms with Crippen molar-refractivity contribution in [3.8, 4) is 0 Å². The molecule has 0 aliphatic carbocycles. The van der Waals surface area contributed by atoms with Crippen LogP contribution in [0.15, 0.2) is 59.5 Å². The van der Waals surface area contributed by atoms with Gasteiger partial charge in [0.2, 0.25) is 5.01 Å². The molecule has 0 atom stereocenters. The maximum absolute atomic E-state index is 13.6. The Hall–Kier alpha value is -2.25. The quantitative estimate of drug-likeness (QED) is 0.678. The van der Waals surface area contributed by atoms with Gasteiger partial charge < -0.3 is 5.32 Å². The Morgan fingerprint density at radius 3 is 2.62 bits per heavy atom. The lowest BCUT2D eigenvalue weighted by Crippen LogP contribution is -2.22. The van der Waals surface area contributed by atoms with Crippen molar-refractivity contribution in [2.45, 2.75) is 17.2 Å². The molecule has 1 heterocycles. The van der Waals surface area contributed by atoms with E-state index in [0.29, 0.717) is 27.2 Å². The predicted molar refractivity (Wildman–Crippen MR) is 93.5 cm³/mol. The first-order valence-corrected chi connectivity index (χ1v) is 9.04. The van der Waals surface area contributed by atoms with Crippen LogP contribution in [0.2, 0.25) is 0 Å². The third kappa shape index (κ3) is 4.39. The predicted octanol–water partition coefficient (Wildman–Crippen LogP) is 3.90. The molecule has 1 aromatic heterocycles. The smallest absolute Gasteiger partial charge is 0.282 e. The number of nitrogens with one attached hydrogen (secondary N) is 1. The van der Waals surface area contributed by atoms with E-state index in [1.54, 1.807) is 18.2 Å². The van der Waals surface area contributed by atoms with Crippen LogP contribution in [-0.4, -0.2) is 16.1 Å². The van der Waals surface area contributed by atoms with Gasteiger partial charge in [0.05, 0.1) is 5.75 Å². The molecule has 0 aliphatic rings. The van der Waals surface area contributed by atoms with Crippen LogP contribution in [0.1, 0.15) is 20.4 Å². The summed E-state index contributed by atoms with van der Waals surface area (Å²) in [6.45, 7) is 0.443. The van der Waals surface area contributed by atoms with Gasteiger partial charge in [0.1, 0.15) is 10.8 Å². The Kier molecular flexibility index (Phi) is 5.55. The number of nitrogens with zero attached hydrogens (tertiary/aromatic N) is 2. The van der Waals surface area contributed by atoms with E-state index in [-0.39, 0.29) is 11.7 Å². The molecule has 0 radical (unpaired) electrons. The summed E-state index contributed by atoms with van der Waals surface area (Å²) in [5.41, 5.74) is 1.02. The number of carbonyl (C=O) groups excluding carboxylic acids is 1. The van der Waals surface area contributed by atoms with Gasteiger partial charge in [0, 0.05) is 11.4 Å². The van der Waals surface area contributed by atoms with Crippen LogP contribution in [0, 0.1) is 5.82 Å². The van der Waals surface area contributed by atoms with E-state index in [1.807, 2.05) is 30.3 Å². The van der Waals surface area contributed by atoms with Crippen LogP contribution in [0.3, 0.4) is 0 Å². The summed E-state index contributed by atoms with van der Waals surface area (Å²) in [6, 6.07) is 16.2. The highest BCUT2D eigenvalue weighted by Gasteiger charge is 2.13. The molecule has 24 heavy (non-hydrogen) atoms. The average molecular weight is 359 g/mol. The Morgan fingerprint density at radius 2 is 1.83 bits per heavy atom. The lowest BCUT2D eigenvalue weighted by atomic mass is 10.2. The number of aromatic nitrogens is 2. The highest BCUT2D eigenvalue weighted by molar-refractivity contribution is 7.98. The topological polar surface area (TPSA) is 54.9 Å². The van der Waals surface area contributed by atoms with Gasteiger partial charge >= 0.3 is 0 Å². The van der Waals surface area contributed by atoms with E-state index in [1.165, 1.54) is 29.2 Å². The van der Waals surface area contributed by atoms with Gasteiger partial charge in [-0.2, -0.15) is 0 Å². The highest BCUT2D eigenvalue weighted by Crippen LogP contribution is 2.26. The molecule has 3 aromatic rings. The number of benzene rings is 2. The van der Waals surface area contributed by atoms with Gasteiger partial charge in [-0.1, -0.05) is 53.8 Å². The molecule has 2 aromatic carbocycles. The molecule has 7 heteroatoms. The second kappa shape index (κ2) is 8.03. The van der Waals surface area contributed by atoms with E-state index in [2.05, 4.69) is 15.5 Å². The number of rotatable bonds is 6. The van der Waals surface area contributed by atoms with Crippen LogP contribution in [0.5, 0.6) is 0 Å². The number of thioether (sulfide) groups is 1. The van der Waals surface area contributed by atoms with Crippen LogP contribution >= 0.6 is 23.1 Å². The summed E-state index contributed by atoms with van der Waals surface area (Å²) in [5, 5.41) is 11.7. The van der Waals surface area contributed by atoms with Crippen LogP contribution in [0.25, 0.3) is 0 Å². The SMILES string of the molecule is O=C(NCc1ccccc1)c1nnc(CSc2ccccc2F)s1. The van der Waals surface area contributed by atoms with Crippen LogP contribution in [-0.2, 0) is 12.3 Å². The minimum Gasteiger partial charge on any atom is -0.346 e. The first-order chi connectivity index (χ1) is 11.7. The molecule has 0 aliphatic heterocycles. The summed E-state index contributed by atoms with van der Waals surface area (Å²) < 4.78 is 13.6. The zero-order chi connectivity index (χ0) is 16.8. The lowest BCUT2D eigenvalue weighted by Gasteiger charge is -2.02. The van der Waals surface area contributed by atoms with Gasteiger partial charge in [-0.05, 0) is 17.7 Å². The standard InChI is InChI=1S/C17H14FN3OS2/c18-13-8-4-5-9-14(13)23-11-15-20-21-17(24-15)16(22)19-10-12-6-2-1-3-7-12/h1-9H,10-11H2,(H,19,22). The summed E-state index contributed by atoms with van der Waals surface area (Å²) >= 11 is 2.56. The zero-order valence-corrected chi connectivity index (χ0v) is 14.2. The van der Waals surface area contributed by atoms with Crippen molar-refractivity contribution < 1.29 is 9.18 Å². The first-order valence-electron chi connectivity index (χ1n) is 7.24. The minimum atomic E-state index is -0.257. The molecule has 0 fully saturated rings. The summed E-state index contributed by atoms with van der Waals surface area (Å²) in [4.78, 5) is 12.6. The molecular formula is C17H14FN3OS2. The Bertz CT molecular complexity index is 823. The number of hydrogen-bond acceptors (Lipinski definition) is 5. The second-order valence-corrected chi connectivity index (χ2v) is 6.97. The van der Waals surface area contributed by atoms with Crippen molar-refractivity contribution in [3.63, 3.8) is 0 Å². The van der Waals surface area contributed by atoms with E-state index < -0.39 is 0 Å². The Morgan fingerprint density at radius 1 is 1.08 bits per heavy atom. The van der Waals surface area contributed by atoms with E-state index in [4.69, 9.17) is 0 Å². The van der Waals surface area contributed by atoms with Crippen molar-refractivity contribution in [2.75, 3.05) is 0 Å². The molecule has 0 saturated carbocycles. The van der Waals surface area contributed by atoms with Crippen molar-refractivity contribution in [1.82, 2.24) is 15.5 Å². The molecule has 1 amide bonds. The van der Waals surface area contributed by atoms with Crippen molar-refractivity contribution in [3.05, 3.63) is 76.0 Å². The van der Waals surface area contributed by atoms with Crippen molar-refractivity contribution >= 4 is 29.0 Å². The number of amides is 1. The zero-order valence-electron chi connectivity index (χ0n) is 12.6. The maximum Gasteiger partial charge on any atom is 0.282 e. The van der Waals surface area contributed by atoms with Gasteiger partial charge in [-0.25, -0.2) is 4.39 Å². The fraction of sp³-hybridized carbons (Fsp3) is 0.118. The molecule has 0 saturated heterocycles. The maximum atomic E-state index is 13.6. The van der Waals surface area contributed by atoms with Gasteiger partial charge in [0.25, 0.3) is 5.91 Å². The minimum absolute atomic E-state index is 0.251. The molecule has 122 valence electrons. The molecule has 0 spiro atoms. The third-order valence-corrected chi connectivity index (χ3v) is 5.31. The van der Waals surface area contributed by atoms with Crippen LogP contribution in [0.4, 0.5) is 4.39 Å². The number of carbonyl (C=O) groups is 1. The first kappa shape index (κ1) is 16.6. The molecule has 3 rings (SSSR count). The fourth-order valence-corrected chi connectivity index (χ4v) is 3.64. The van der Waals surface area contributed by atoms with E-state index >= 15 is 0 Å². The molecule has 1 N–H and O–H groups in total.